The van der Waals surface area contributed by atoms with Crippen molar-refractivity contribution in [1.29, 1.82) is 0 Å². The molecule has 0 unspecified atom stereocenters. The van der Waals surface area contributed by atoms with Crippen molar-refractivity contribution in [2.24, 2.45) is 0 Å². The van der Waals surface area contributed by atoms with Crippen LogP contribution in [0.25, 0.3) is 0 Å². The lowest BCUT2D eigenvalue weighted by molar-refractivity contribution is -0.144. The number of fused-ring (bicyclic) bond motifs is 1. The lowest BCUT2D eigenvalue weighted by Gasteiger charge is -2.29. The van der Waals surface area contributed by atoms with Crippen LogP contribution in [0.1, 0.15) is 47.5 Å². The number of esters is 1. The summed E-state index contributed by atoms with van der Waals surface area (Å²) in [6.45, 7) is 2.01. The third kappa shape index (κ3) is 3.48. The molecular formula is C23H24N2O6. The van der Waals surface area contributed by atoms with E-state index < -0.39 is 18.2 Å². The second kappa shape index (κ2) is 8.29. The summed E-state index contributed by atoms with van der Waals surface area (Å²) in [5.41, 5.74) is 2.40. The molecule has 2 aliphatic rings. The van der Waals surface area contributed by atoms with Gasteiger partial charge in [-0.25, -0.2) is 4.79 Å². The molecule has 1 saturated heterocycles. The van der Waals surface area contributed by atoms with Crippen LogP contribution in [0, 0.1) is 0 Å². The molecular weight excluding hydrogens is 400 g/mol. The van der Waals surface area contributed by atoms with Gasteiger partial charge in [-0.05, 0) is 36.6 Å². The molecule has 2 aromatic carbocycles. The zero-order valence-corrected chi connectivity index (χ0v) is 17.6. The van der Waals surface area contributed by atoms with Gasteiger partial charge in [-0.2, -0.15) is 0 Å². The number of cyclic esters (lactones) is 1. The topological polar surface area (TPSA) is 94.2 Å². The number of methoxy groups -OCH3 is 2. The van der Waals surface area contributed by atoms with Crippen LogP contribution in [0.2, 0.25) is 0 Å². The molecule has 0 spiro atoms. The van der Waals surface area contributed by atoms with E-state index in [9.17, 15) is 14.4 Å². The molecule has 0 bridgehead atoms. The number of likely N-dealkylation sites (tertiary alicyclic amines) is 1. The van der Waals surface area contributed by atoms with Crippen molar-refractivity contribution in [2.45, 2.75) is 38.5 Å². The number of nitrogens with one attached hydrogen (secondary N) is 1. The van der Waals surface area contributed by atoms with E-state index in [4.69, 9.17) is 14.2 Å². The van der Waals surface area contributed by atoms with Crippen LogP contribution < -0.4 is 14.8 Å². The first kappa shape index (κ1) is 20.7. The van der Waals surface area contributed by atoms with Gasteiger partial charge in [-0.3, -0.25) is 14.5 Å². The van der Waals surface area contributed by atoms with Crippen molar-refractivity contribution in [2.75, 3.05) is 19.5 Å². The Labute approximate surface area is 180 Å². The predicted molar refractivity (Wildman–Crippen MR) is 112 cm³/mol. The molecule has 31 heavy (non-hydrogen) atoms. The summed E-state index contributed by atoms with van der Waals surface area (Å²) in [5.74, 6) is -0.541. The van der Waals surface area contributed by atoms with Crippen molar-refractivity contribution in [3.05, 3.63) is 53.1 Å². The Balaban J connectivity index is 1.66. The number of nitrogens with zero attached hydrogens (tertiary/aromatic N) is 1. The highest BCUT2D eigenvalue weighted by molar-refractivity contribution is 6.01. The minimum Gasteiger partial charge on any atom is -0.493 e. The van der Waals surface area contributed by atoms with Crippen molar-refractivity contribution in [3.8, 4) is 11.5 Å². The smallest absolute Gasteiger partial charge is 0.344 e. The lowest BCUT2D eigenvalue weighted by atomic mass is 10.0. The normalized spacial score (nSPS) is 19.8. The number of hydrogen-bond acceptors (Lipinski definition) is 6. The van der Waals surface area contributed by atoms with Crippen molar-refractivity contribution < 1.29 is 28.6 Å². The molecule has 2 atom stereocenters. The maximum atomic E-state index is 13.1. The third-order valence-corrected chi connectivity index (χ3v) is 5.73. The van der Waals surface area contributed by atoms with Gasteiger partial charge in [0, 0.05) is 17.7 Å². The van der Waals surface area contributed by atoms with Crippen molar-refractivity contribution >= 4 is 23.5 Å². The van der Waals surface area contributed by atoms with E-state index in [0.717, 1.165) is 12.0 Å². The van der Waals surface area contributed by atoms with Crippen LogP contribution in [-0.4, -0.2) is 42.9 Å². The second-order valence-corrected chi connectivity index (χ2v) is 7.38. The van der Waals surface area contributed by atoms with Crippen molar-refractivity contribution in [1.82, 2.24) is 4.90 Å². The number of amides is 2. The molecule has 1 fully saturated rings. The number of rotatable bonds is 6. The number of para-hydroxylation sites is 1. The standard InChI is InChI=1S/C23H24N2O6/c1-4-13-7-5-6-8-15(13)24-21(27)16-10-12-18(26)25(16)22-14-9-11-17(29-2)20(30-3)19(14)23(28)31-22/h5-9,11,16,22H,4,10,12H2,1-3H3,(H,24,27)/t16-,22+/m1/s1. The first-order valence-corrected chi connectivity index (χ1v) is 10.2. The molecule has 162 valence electrons. The fourth-order valence-electron chi connectivity index (χ4n) is 4.21. The van der Waals surface area contributed by atoms with Crippen LogP contribution in [0.15, 0.2) is 36.4 Å². The van der Waals surface area contributed by atoms with E-state index in [1.807, 2.05) is 31.2 Å². The monoisotopic (exact) mass is 424 g/mol. The molecule has 0 saturated carbocycles. The van der Waals surface area contributed by atoms with E-state index in [1.165, 1.54) is 19.1 Å². The van der Waals surface area contributed by atoms with Crippen LogP contribution in [0.3, 0.4) is 0 Å². The van der Waals surface area contributed by atoms with Gasteiger partial charge < -0.3 is 19.5 Å². The molecule has 2 aromatic rings. The minimum atomic E-state index is -0.991. The van der Waals surface area contributed by atoms with E-state index in [-0.39, 0.29) is 29.5 Å². The van der Waals surface area contributed by atoms with Gasteiger partial charge in [0.1, 0.15) is 11.6 Å². The molecule has 2 heterocycles. The summed E-state index contributed by atoms with van der Waals surface area (Å²) in [5, 5.41) is 2.94. The van der Waals surface area contributed by atoms with Gasteiger partial charge in [0.05, 0.1) is 14.2 Å². The SMILES string of the molecule is CCc1ccccc1NC(=O)[C@H]1CCC(=O)N1[C@H]1OC(=O)c2c1ccc(OC)c2OC. The van der Waals surface area contributed by atoms with Gasteiger partial charge in [0.15, 0.2) is 11.5 Å². The van der Waals surface area contributed by atoms with E-state index >= 15 is 0 Å². The highest BCUT2D eigenvalue weighted by Gasteiger charge is 2.47. The van der Waals surface area contributed by atoms with Gasteiger partial charge in [0.2, 0.25) is 18.0 Å². The Morgan fingerprint density at radius 1 is 1.16 bits per heavy atom. The number of carbonyl (C=O) groups excluding carboxylic acids is 3. The number of anilines is 1. The van der Waals surface area contributed by atoms with Gasteiger partial charge in [-0.1, -0.05) is 25.1 Å². The van der Waals surface area contributed by atoms with Crippen molar-refractivity contribution in [3.63, 3.8) is 0 Å². The molecule has 2 aliphatic heterocycles. The highest BCUT2D eigenvalue weighted by atomic mass is 16.6. The highest BCUT2D eigenvalue weighted by Crippen LogP contribution is 2.45. The van der Waals surface area contributed by atoms with Gasteiger partial charge in [-0.15, -0.1) is 0 Å². The second-order valence-electron chi connectivity index (χ2n) is 7.38. The zero-order valence-electron chi connectivity index (χ0n) is 17.6. The Morgan fingerprint density at radius 2 is 1.94 bits per heavy atom. The average Bonchev–Trinajstić information content (AvgIpc) is 3.32. The number of carbonyl (C=O) groups is 3. The summed E-state index contributed by atoms with van der Waals surface area (Å²) in [6.07, 6.45) is 0.313. The zero-order chi connectivity index (χ0) is 22.1. The van der Waals surface area contributed by atoms with E-state index in [1.54, 1.807) is 12.1 Å². The molecule has 1 N–H and O–H groups in total. The number of benzene rings is 2. The molecule has 4 rings (SSSR count). The average molecular weight is 424 g/mol. The Morgan fingerprint density at radius 3 is 2.65 bits per heavy atom. The summed E-state index contributed by atoms with van der Waals surface area (Å²) < 4.78 is 16.2. The minimum absolute atomic E-state index is 0.199. The summed E-state index contributed by atoms with van der Waals surface area (Å²) >= 11 is 0. The van der Waals surface area contributed by atoms with E-state index in [2.05, 4.69) is 5.32 Å². The molecule has 8 nitrogen and oxygen atoms in total. The van der Waals surface area contributed by atoms with E-state index in [0.29, 0.717) is 23.4 Å². The number of ether oxygens (including phenoxy) is 3. The Hall–Kier alpha value is -3.55. The third-order valence-electron chi connectivity index (χ3n) is 5.73. The first-order valence-electron chi connectivity index (χ1n) is 10.2. The fraction of sp³-hybridized carbons (Fsp3) is 0.348. The first-order chi connectivity index (χ1) is 15.0. The van der Waals surface area contributed by atoms with Gasteiger partial charge in [0.25, 0.3) is 0 Å². The predicted octanol–water partition coefficient (Wildman–Crippen LogP) is 3.06. The summed E-state index contributed by atoms with van der Waals surface area (Å²) in [7, 11) is 2.90. The summed E-state index contributed by atoms with van der Waals surface area (Å²) in [4.78, 5) is 39.9. The Bertz CT molecular complexity index is 1050. The molecule has 2 amide bonds. The number of hydrogen-bond donors (Lipinski definition) is 1. The fourth-order valence-corrected chi connectivity index (χ4v) is 4.21. The quantitative estimate of drug-likeness (QED) is 0.717. The summed E-state index contributed by atoms with van der Waals surface area (Å²) in [6, 6.07) is 10.1. The van der Waals surface area contributed by atoms with Crippen LogP contribution >= 0.6 is 0 Å². The van der Waals surface area contributed by atoms with Crippen LogP contribution in [0.5, 0.6) is 11.5 Å². The lowest BCUT2D eigenvalue weighted by Crippen LogP contribution is -2.44. The van der Waals surface area contributed by atoms with Gasteiger partial charge >= 0.3 is 5.97 Å². The molecule has 0 radical (unpaired) electrons. The Kier molecular flexibility index (Phi) is 5.54. The number of aryl methyl sites for hydroxylation is 1. The molecule has 0 aromatic heterocycles. The molecule has 0 aliphatic carbocycles. The van der Waals surface area contributed by atoms with Crippen LogP contribution in [-0.2, 0) is 20.7 Å². The largest absolute Gasteiger partial charge is 0.493 e. The molecule has 8 heteroatoms. The van der Waals surface area contributed by atoms with Crippen LogP contribution in [0.4, 0.5) is 5.69 Å². The maximum Gasteiger partial charge on any atom is 0.344 e. The maximum absolute atomic E-state index is 13.1.